The lowest BCUT2D eigenvalue weighted by atomic mass is 9.81. The highest BCUT2D eigenvalue weighted by Crippen LogP contribution is 1.91. The van der Waals surface area contributed by atoms with Crippen LogP contribution in [0.4, 0.5) is 0 Å². The van der Waals surface area contributed by atoms with Gasteiger partial charge >= 0.3 is 7.12 Å². The van der Waals surface area contributed by atoms with Gasteiger partial charge in [0.2, 0.25) is 0 Å². The topological polar surface area (TPSA) is 40.5 Å². The van der Waals surface area contributed by atoms with Crippen LogP contribution < -0.4 is 5.46 Å². The molecule has 0 fully saturated rings. The van der Waals surface area contributed by atoms with Gasteiger partial charge in [0.25, 0.3) is 0 Å². The molecule has 0 spiro atoms. The Bertz CT molecular complexity index is 304. The molecule has 0 aliphatic heterocycles. The van der Waals surface area contributed by atoms with Gasteiger partial charge in [0.1, 0.15) is 0 Å². The zero-order valence-corrected chi connectivity index (χ0v) is 8.39. The van der Waals surface area contributed by atoms with Crippen LogP contribution in [0.2, 0.25) is 0 Å². The SMILES string of the molecule is OB(O)c1ccccc1.c1ccsc1. The lowest BCUT2D eigenvalue weighted by Gasteiger charge is -1.94. The maximum Gasteiger partial charge on any atom is 0.488 e. The number of hydrogen-bond acceptors (Lipinski definition) is 3. The first kappa shape index (κ1) is 11.0. The monoisotopic (exact) mass is 206 g/mol. The molecule has 14 heavy (non-hydrogen) atoms. The van der Waals surface area contributed by atoms with Crippen molar-refractivity contribution in [2.45, 2.75) is 0 Å². The first-order valence-electron chi connectivity index (χ1n) is 4.19. The molecule has 0 bridgehead atoms. The molecule has 0 unspecified atom stereocenters. The van der Waals surface area contributed by atoms with E-state index in [1.807, 2.05) is 29.0 Å². The molecule has 1 aromatic heterocycles. The van der Waals surface area contributed by atoms with Crippen molar-refractivity contribution in [3.63, 3.8) is 0 Å². The van der Waals surface area contributed by atoms with Gasteiger partial charge in [-0.15, -0.1) is 0 Å². The molecule has 0 atom stereocenters. The third kappa shape index (κ3) is 4.23. The van der Waals surface area contributed by atoms with E-state index < -0.39 is 7.12 Å². The number of rotatable bonds is 1. The van der Waals surface area contributed by atoms with E-state index in [-0.39, 0.29) is 0 Å². The molecule has 2 rings (SSSR count). The third-order valence-corrected chi connectivity index (χ3v) is 2.15. The average Bonchev–Trinajstić information content (AvgIpc) is 2.77. The minimum absolute atomic E-state index is 0.525. The van der Waals surface area contributed by atoms with Crippen molar-refractivity contribution in [3.8, 4) is 0 Å². The van der Waals surface area contributed by atoms with Crippen LogP contribution >= 0.6 is 11.3 Å². The van der Waals surface area contributed by atoms with E-state index in [1.54, 1.807) is 35.6 Å². The first-order chi connectivity index (χ1) is 6.80. The highest BCUT2D eigenvalue weighted by Gasteiger charge is 2.07. The van der Waals surface area contributed by atoms with E-state index in [2.05, 4.69) is 0 Å². The summed E-state index contributed by atoms with van der Waals surface area (Å²) >= 11 is 1.71. The van der Waals surface area contributed by atoms with E-state index in [1.165, 1.54) is 0 Å². The largest absolute Gasteiger partial charge is 0.488 e. The van der Waals surface area contributed by atoms with Crippen LogP contribution in [0.25, 0.3) is 0 Å². The molecule has 0 saturated heterocycles. The number of thiophene rings is 1. The predicted molar refractivity (Wildman–Crippen MR) is 60.6 cm³/mol. The smallest absolute Gasteiger partial charge is 0.423 e. The van der Waals surface area contributed by atoms with Crippen molar-refractivity contribution < 1.29 is 10.0 Å². The standard InChI is InChI=1S/C6H7BO2.C4H4S/c8-7(9)6-4-2-1-3-5-6;1-2-4-5-3-1/h1-5,8-9H;1-4H. The Morgan fingerprint density at radius 1 is 0.857 bits per heavy atom. The summed E-state index contributed by atoms with van der Waals surface area (Å²) < 4.78 is 0. The summed E-state index contributed by atoms with van der Waals surface area (Å²) in [5.74, 6) is 0. The Hall–Kier alpha value is -1.10. The van der Waals surface area contributed by atoms with Crippen molar-refractivity contribution in [1.82, 2.24) is 0 Å². The molecule has 0 radical (unpaired) electrons. The third-order valence-electron chi connectivity index (χ3n) is 1.52. The van der Waals surface area contributed by atoms with Gasteiger partial charge in [0, 0.05) is 0 Å². The predicted octanol–water partition coefficient (Wildman–Crippen LogP) is 1.11. The summed E-state index contributed by atoms with van der Waals surface area (Å²) in [6, 6.07) is 12.7. The highest BCUT2D eigenvalue weighted by molar-refractivity contribution is 7.07. The van der Waals surface area contributed by atoms with Gasteiger partial charge in [-0.2, -0.15) is 11.3 Å². The minimum atomic E-state index is -1.34. The van der Waals surface area contributed by atoms with Crippen LogP contribution in [-0.4, -0.2) is 17.2 Å². The number of hydrogen-bond donors (Lipinski definition) is 2. The van der Waals surface area contributed by atoms with E-state index in [9.17, 15) is 0 Å². The highest BCUT2D eigenvalue weighted by atomic mass is 32.1. The van der Waals surface area contributed by atoms with Crippen LogP contribution in [-0.2, 0) is 0 Å². The van der Waals surface area contributed by atoms with Crippen LogP contribution in [0.5, 0.6) is 0 Å². The molecule has 1 aromatic carbocycles. The molecule has 4 heteroatoms. The Balaban J connectivity index is 0.000000165. The van der Waals surface area contributed by atoms with Gasteiger partial charge in [0.15, 0.2) is 0 Å². The maximum atomic E-state index is 8.58. The van der Waals surface area contributed by atoms with Crippen molar-refractivity contribution in [3.05, 3.63) is 53.2 Å². The van der Waals surface area contributed by atoms with Crippen molar-refractivity contribution >= 4 is 23.9 Å². The Kier molecular flexibility index (Phi) is 5.00. The van der Waals surface area contributed by atoms with Crippen molar-refractivity contribution in [2.24, 2.45) is 0 Å². The second-order valence-corrected chi connectivity index (χ2v) is 3.39. The van der Waals surface area contributed by atoms with Gasteiger partial charge in [-0.3, -0.25) is 0 Å². The van der Waals surface area contributed by atoms with E-state index in [0.29, 0.717) is 5.46 Å². The fourth-order valence-corrected chi connectivity index (χ4v) is 1.31. The average molecular weight is 206 g/mol. The van der Waals surface area contributed by atoms with Crippen LogP contribution in [0.1, 0.15) is 0 Å². The van der Waals surface area contributed by atoms with Gasteiger partial charge in [-0.1, -0.05) is 42.5 Å². The summed E-state index contributed by atoms with van der Waals surface area (Å²) in [4.78, 5) is 0. The zero-order chi connectivity index (χ0) is 10.2. The normalized spacial score (nSPS) is 8.71. The summed E-state index contributed by atoms with van der Waals surface area (Å²) in [7, 11) is -1.34. The Labute approximate surface area is 87.6 Å². The molecule has 2 nitrogen and oxygen atoms in total. The van der Waals surface area contributed by atoms with E-state index in [4.69, 9.17) is 10.0 Å². The van der Waals surface area contributed by atoms with Crippen molar-refractivity contribution in [2.75, 3.05) is 0 Å². The maximum absolute atomic E-state index is 8.58. The summed E-state index contributed by atoms with van der Waals surface area (Å²) in [6.45, 7) is 0. The van der Waals surface area contributed by atoms with Crippen LogP contribution in [0.15, 0.2) is 53.2 Å². The summed E-state index contributed by atoms with van der Waals surface area (Å²) in [5.41, 5.74) is 0.525. The van der Waals surface area contributed by atoms with Crippen LogP contribution in [0.3, 0.4) is 0 Å². The molecule has 2 N–H and O–H groups in total. The second kappa shape index (κ2) is 6.37. The van der Waals surface area contributed by atoms with Gasteiger partial charge in [-0.05, 0) is 16.2 Å². The summed E-state index contributed by atoms with van der Waals surface area (Å²) in [6.07, 6.45) is 0. The fourth-order valence-electron chi connectivity index (χ4n) is 0.852. The number of benzene rings is 1. The lowest BCUT2D eigenvalue weighted by molar-refractivity contribution is 0.426. The fraction of sp³-hybridized carbons (Fsp3) is 0. The Morgan fingerprint density at radius 3 is 1.71 bits per heavy atom. The first-order valence-corrected chi connectivity index (χ1v) is 5.13. The quantitative estimate of drug-likeness (QED) is 0.686. The minimum Gasteiger partial charge on any atom is -0.423 e. The molecular weight excluding hydrogens is 195 g/mol. The molecule has 0 amide bonds. The molecule has 1 heterocycles. The lowest BCUT2D eigenvalue weighted by Crippen LogP contribution is -2.29. The van der Waals surface area contributed by atoms with Crippen molar-refractivity contribution in [1.29, 1.82) is 0 Å². The van der Waals surface area contributed by atoms with E-state index >= 15 is 0 Å². The van der Waals surface area contributed by atoms with Gasteiger partial charge < -0.3 is 10.0 Å². The molecular formula is C10H11BO2S. The molecule has 0 aliphatic carbocycles. The van der Waals surface area contributed by atoms with E-state index in [0.717, 1.165) is 0 Å². The second-order valence-electron chi connectivity index (χ2n) is 2.58. The molecule has 72 valence electrons. The molecule has 0 aliphatic rings. The molecule has 2 aromatic rings. The zero-order valence-electron chi connectivity index (χ0n) is 7.58. The molecule has 0 saturated carbocycles. The van der Waals surface area contributed by atoms with Crippen LogP contribution in [0, 0.1) is 0 Å². The van der Waals surface area contributed by atoms with Gasteiger partial charge in [0.05, 0.1) is 0 Å². The Morgan fingerprint density at radius 2 is 1.43 bits per heavy atom. The van der Waals surface area contributed by atoms with Gasteiger partial charge in [-0.25, -0.2) is 0 Å². The summed E-state index contributed by atoms with van der Waals surface area (Å²) in [5, 5.41) is 21.2.